The quantitative estimate of drug-likeness (QED) is 0.896. The summed E-state index contributed by atoms with van der Waals surface area (Å²) in [5.74, 6) is 0.415. The third-order valence-corrected chi connectivity index (χ3v) is 4.36. The number of hydrogen-bond donors (Lipinski definition) is 2. The summed E-state index contributed by atoms with van der Waals surface area (Å²) in [6, 6.07) is 6.08. The van der Waals surface area contributed by atoms with E-state index in [4.69, 9.17) is 17.3 Å². The maximum absolute atomic E-state index is 9.63. The second kappa shape index (κ2) is 6.12. The predicted molar refractivity (Wildman–Crippen MR) is 80.7 cm³/mol. The lowest BCUT2D eigenvalue weighted by Crippen LogP contribution is -2.37. The van der Waals surface area contributed by atoms with Gasteiger partial charge in [-0.05, 0) is 50.3 Å². The Morgan fingerprint density at radius 2 is 1.95 bits per heavy atom. The molecule has 0 spiro atoms. The SMILES string of the molecule is CC(N)c1ccc(N2CCC(C(C)O)CC2)c(Cl)c1. The first-order chi connectivity index (χ1) is 8.99. The molecule has 0 aliphatic carbocycles. The maximum atomic E-state index is 9.63. The van der Waals surface area contributed by atoms with E-state index in [0.717, 1.165) is 42.2 Å². The predicted octanol–water partition coefficient (Wildman–Crippen LogP) is 2.96. The van der Waals surface area contributed by atoms with Crippen molar-refractivity contribution in [3.63, 3.8) is 0 Å². The maximum Gasteiger partial charge on any atom is 0.0642 e. The van der Waals surface area contributed by atoms with Crippen LogP contribution in [0.1, 0.15) is 38.3 Å². The van der Waals surface area contributed by atoms with Crippen LogP contribution in [-0.2, 0) is 0 Å². The van der Waals surface area contributed by atoms with Crippen LogP contribution in [0.3, 0.4) is 0 Å². The Morgan fingerprint density at radius 3 is 2.42 bits per heavy atom. The molecule has 3 N–H and O–H groups in total. The van der Waals surface area contributed by atoms with Crippen molar-refractivity contribution in [2.24, 2.45) is 11.7 Å². The highest BCUT2D eigenvalue weighted by Crippen LogP contribution is 2.32. The van der Waals surface area contributed by atoms with Gasteiger partial charge in [-0.3, -0.25) is 0 Å². The van der Waals surface area contributed by atoms with E-state index in [1.807, 2.05) is 26.0 Å². The molecule has 0 bridgehead atoms. The minimum atomic E-state index is -0.210. The Hall–Kier alpha value is -0.770. The molecule has 1 aromatic carbocycles. The van der Waals surface area contributed by atoms with Gasteiger partial charge in [0.1, 0.15) is 0 Å². The topological polar surface area (TPSA) is 49.5 Å². The number of piperidine rings is 1. The van der Waals surface area contributed by atoms with Crippen LogP contribution in [0, 0.1) is 5.92 Å². The van der Waals surface area contributed by atoms with Crippen LogP contribution in [-0.4, -0.2) is 24.3 Å². The van der Waals surface area contributed by atoms with Crippen LogP contribution >= 0.6 is 11.6 Å². The molecule has 1 aliphatic rings. The van der Waals surface area contributed by atoms with Crippen molar-refractivity contribution in [2.45, 2.75) is 38.8 Å². The Balaban J connectivity index is 2.07. The molecule has 1 aliphatic heterocycles. The van der Waals surface area contributed by atoms with Crippen molar-refractivity contribution >= 4 is 17.3 Å². The molecule has 2 unspecified atom stereocenters. The number of rotatable bonds is 3. The smallest absolute Gasteiger partial charge is 0.0642 e. The number of anilines is 1. The van der Waals surface area contributed by atoms with Gasteiger partial charge in [0.15, 0.2) is 0 Å². The zero-order valence-electron chi connectivity index (χ0n) is 11.6. The van der Waals surface area contributed by atoms with Gasteiger partial charge in [0.2, 0.25) is 0 Å². The molecule has 106 valence electrons. The Morgan fingerprint density at radius 1 is 1.32 bits per heavy atom. The fourth-order valence-corrected chi connectivity index (χ4v) is 2.99. The Bertz CT molecular complexity index is 426. The van der Waals surface area contributed by atoms with E-state index in [-0.39, 0.29) is 12.1 Å². The van der Waals surface area contributed by atoms with Crippen LogP contribution in [0.2, 0.25) is 5.02 Å². The number of nitrogens with zero attached hydrogens (tertiary/aromatic N) is 1. The highest BCUT2D eigenvalue weighted by atomic mass is 35.5. The molecule has 3 nitrogen and oxygen atoms in total. The lowest BCUT2D eigenvalue weighted by atomic mass is 9.92. The summed E-state index contributed by atoms with van der Waals surface area (Å²) in [6.45, 7) is 5.74. The molecular formula is C15H23ClN2O. The van der Waals surface area contributed by atoms with Gasteiger partial charge in [-0.2, -0.15) is 0 Å². The summed E-state index contributed by atoms with van der Waals surface area (Å²) in [5.41, 5.74) is 8.00. The molecule has 2 atom stereocenters. The molecule has 0 radical (unpaired) electrons. The van der Waals surface area contributed by atoms with E-state index >= 15 is 0 Å². The van der Waals surface area contributed by atoms with Crippen molar-refractivity contribution in [2.75, 3.05) is 18.0 Å². The molecule has 0 aromatic heterocycles. The van der Waals surface area contributed by atoms with Gasteiger partial charge in [-0.15, -0.1) is 0 Å². The normalized spacial score (nSPS) is 20.4. The molecule has 2 rings (SSSR count). The lowest BCUT2D eigenvalue weighted by Gasteiger charge is -2.35. The molecule has 1 saturated heterocycles. The van der Waals surface area contributed by atoms with E-state index in [1.54, 1.807) is 0 Å². The average Bonchev–Trinajstić information content (AvgIpc) is 2.38. The standard InChI is InChI=1S/C15H23ClN2O/c1-10(17)13-3-4-15(14(16)9-13)18-7-5-12(6-8-18)11(2)19/h3-4,9-12,19H,5-8,17H2,1-2H3. The molecule has 0 saturated carbocycles. The largest absolute Gasteiger partial charge is 0.393 e. The van der Waals surface area contributed by atoms with Crippen molar-refractivity contribution in [3.05, 3.63) is 28.8 Å². The van der Waals surface area contributed by atoms with E-state index in [2.05, 4.69) is 11.0 Å². The second-order valence-electron chi connectivity index (χ2n) is 5.56. The first-order valence-corrected chi connectivity index (χ1v) is 7.35. The van der Waals surface area contributed by atoms with Gasteiger partial charge >= 0.3 is 0 Å². The van der Waals surface area contributed by atoms with Crippen molar-refractivity contribution in [1.29, 1.82) is 0 Å². The van der Waals surface area contributed by atoms with Crippen molar-refractivity contribution < 1.29 is 5.11 Å². The van der Waals surface area contributed by atoms with Crippen LogP contribution in [0.4, 0.5) is 5.69 Å². The molecule has 1 fully saturated rings. The van der Waals surface area contributed by atoms with Gasteiger partial charge in [-0.25, -0.2) is 0 Å². The fourth-order valence-electron chi connectivity index (χ4n) is 2.69. The lowest BCUT2D eigenvalue weighted by molar-refractivity contribution is 0.110. The van der Waals surface area contributed by atoms with Crippen LogP contribution < -0.4 is 10.6 Å². The highest BCUT2D eigenvalue weighted by Gasteiger charge is 2.23. The van der Waals surface area contributed by atoms with Gasteiger partial charge in [0, 0.05) is 19.1 Å². The third-order valence-electron chi connectivity index (χ3n) is 4.06. The van der Waals surface area contributed by atoms with Gasteiger partial charge < -0.3 is 15.7 Å². The fraction of sp³-hybridized carbons (Fsp3) is 0.600. The van der Waals surface area contributed by atoms with Crippen LogP contribution in [0.15, 0.2) is 18.2 Å². The molecular weight excluding hydrogens is 260 g/mol. The summed E-state index contributed by atoms with van der Waals surface area (Å²) >= 11 is 6.36. The molecule has 0 amide bonds. The summed E-state index contributed by atoms with van der Waals surface area (Å²) in [6.07, 6.45) is 1.82. The monoisotopic (exact) mass is 282 g/mol. The zero-order valence-corrected chi connectivity index (χ0v) is 12.4. The van der Waals surface area contributed by atoms with Crippen LogP contribution in [0.25, 0.3) is 0 Å². The number of aliphatic hydroxyl groups excluding tert-OH is 1. The van der Waals surface area contributed by atoms with Gasteiger partial charge in [0.05, 0.1) is 16.8 Å². The number of benzene rings is 1. The Kier molecular flexibility index (Phi) is 4.71. The van der Waals surface area contributed by atoms with Crippen LogP contribution in [0.5, 0.6) is 0 Å². The molecule has 19 heavy (non-hydrogen) atoms. The van der Waals surface area contributed by atoms with Gasteiger partial charge in [-0.1, -0.05) is 17.7 Å². The van der Waals surface area contributed by atoms with Crippen molar-refractivity contribution in [1.82, 2.24) is 0 Å². The molecule has 1 heterocycles. The molecule has 4 heteroatoms. The summed E-state index contributed by atoms with van der Waals surface area (Å²) in [7, 11) is 0. The first-order valence-electron chi connectivity index (χ1n) is 6.97. The van der Waals surface area contributed by atoms with E-state index in [9.17, 15) is 5.11 Å². The zero-order chi connectivity index (χ0) is 14.0. The van der Waals surface area contributed by atoms with E-state index in [1.165, 1.54) is 0 Å². The average molecular weight is 283 g/mol. The summed E-state index contributed by atoms with van der Waals surface area (Å²) in [4.78, 5) is 2.30. The van der Waals surface area contributed by atoms with Crippen molar-refractivity contribution in [3.8, 4) is 0 Å². The van der Waals surface area contributed by atoms with E-state index in [0.29, 0.717) is 5.92 Å². The van der Waals surface area contributed by atoms with Gasteiger partial charge in [0.25, 0.3) is 0 Å². The first kappa shape index (κ1) is 14.6. The molecule has 1 aromatic rings. The second-order valence-corrected chi connectivity index (χ2v) is 5.97. The number of hydrogen-bond acceptors (Lipinski definition) is 3. The Labute approximate surface area is 120 Å². The number of nitrogens with two attached hydrogens (primary N) is 1. The number of halogens is 1. The number of aliphatic hydroxyl groups is 1. The minimum Gasteiger partial charge on any atom is -0.393 e. The van der Waals surface area contributed by atoms with E-state index < -0.39 is 0 Å². The minimum absolute atomic E-state index is 0.00697. The summed E-state index contributed by atoms with van der Waals surface area (Å²) in [5, 5.41) is 10.4. The third kappa shape index (κ3) is 3.41. The highest BCUT2D eigenvalue weighted by molar-refractivity contribution is 6.33. The summed E-state index contributed by atoms with van der Waals surface area (Å²) < 4.78 is 0.